The van der Waals surface area contributed by atoms with Crippen LogP contribution in [0.25, 0.3) is 0 Å². The molecule has 9 heavy (non-hydrogen) atoms. The van der Waals surface area contributed by atoms with Crippen LogP contribution < -0.4 is 5.46 Å². The zero-order chi connectivity index (χ0) is 6.85. The van der Waals surface area contributed by atoms with Gasteiger partial charge in [0, 0.05) is 5.46 Å². The standard InChI is InChI=1S/C4H4BBrO3/c6-4-2-9-1-3(4)5(7)8/h1-2,7-8H. The average Bonchev–Trinajstić information content (AvgIpc) is 2.13. The molecule has 0 aliphatic rings. The van der Waals surface area contributed by atoms with E-state index >= 15 is 0 Å². The Balaban J connectivity index is 2.94. The molecule has 0 spiro atoms. The average molecular weight is 191 g/mol. The van der Waals surface area contributed by atoms with Crippen molar-refractivity contribution in [2.75, 3.05) is 0 Å². The van der Waals surface area contributed by atoms with Gasteiger partial charge in [0.05, 0.1) is 10.7 Å². The summed E-state index contributed by atoms with van der Waals surface area (Å²) >= 11 is 3.05. The lowest BCUT2D eigenvalue weighted by Crippen LogP contribution is -2.29. The molecule has 0 atom stereocenters. The topological polar surface area (TPSA) is 53.6 Å². The Bertz CT molecular complexity index is 197. The van der Waals surface area contributed by atoms with E-state index in [0.29, 0.717) is 9.94 Å². The summed E-state index contributed by atoms with van der Waals surface area (Å²) in [5.41, 5.74) is 0.343. The van der Waals surface area contributed by atoms with Gasteiger partial charge in [-0.15, -0.1) is 0 Å². The largest absolute Gasteiger partial charge is 0.492 e. The van der Waals surface area contributed by atoms with Crippen LogP contribution in [0, 0.1) is 0 Å². The van der Waals surface area contributed by atoms with Crippen LogP contribution in [-0.4, -0.2) is 17.2 Å². The maximum Gasteiger partial charge on any atom is 0.492 e. The fourth-order valence-electron chi connectivity index (χ4n) is 0.476. The van der Waals surface area contributed by atoms with Crippen LogP contribution in [0.15, 0.2) is 21.4 Å². The van der Waals surface area contributed by atoms with Crippen molar-refractivity contribution in [1.82, 2.24) is 0 Å². The van der Waals surface area contributed by atoms with E-state index in [1.54, 1.807) is 0 Å². The summed E-state index contributed by atoms with van der Waals surface area (Å²) in [7, 11) is -1.46. The van der Waals surface area contributed by atoms with Crippen LogP contribution in [0.5, 0.6) is 0 Å². The minimum absolute atomic E-state index is 0.343. The molecule has 2 N–H and O–H groups in total. The summed E-state index contributed by atoms with van der Waals surface area (Å²) in [6, 6.07) is 0. The summed E-state index contributed by atoms with van der Waals surface area (Å²) in [5.74, 6) is 0. The molecule has 1 rings (SSSR count). The van der Waals surface area contributed by atoms with Gasteiger partial charge in [0.15, 0.2) is 0 Å². The lowest BCUT2D eigenvalue weighted by atomic mass is 9.83. The van der Waals surface area contributed by atoms with Gasteiger partial charge in [0.1, 0.15) is 6.26 Å². The van der Waals surface area contributed by atoms with E-state index in [-0.39, 0.29) is 0 Å². The fourth-order valence-corrected chi connectivity index (χ4v) is 0.882. The lowest BCUT2D eigenvalue weighted by molar-refractivity contribution is 0.425. The van der Waals surface area contributed by atoms with Crippen LogP contribution in [0.2, 0.25) is 0 Å². The molecule has 0 aliphatic heterocycles. The number of rotatable bonds is 1. The van der Waals surface area contributed by atoms with Crippen molar-refractivity contribution in [3.05, 3.63) is 17.0 Å². The summed E-state index contributed by atoms with van der Waals surface area (Å²) in [4.78, 5) is 0. The third-order valence-electron chi connectivity index (χ3n) is 0.920. The number of halogens is 1. The summed E-state index contributed by atoms with van der Waals surface area (Å²) < 4.78 is 5.21. The van der Waals surface area contributed by atoms with Crippen LogP contribution in [-0.2, 0) is 0 Å². The van der Waals surface area contributed by atoms with Crippen molar-refractivity contribution < 1.29 is 14.5 Å². The van der Waals surface area contributed by atoms with Crippen LogP contribution in [0.3, 0.4) is 0 Å². The molecule has 1 heterocycles. The first kappa shape index (κ1) is 6.86. The Kier molecular flexibility index (Phi) is 1.95. The van der Waals surface area contributed by atoms with E-state index < -0.39 is 7.12 Å². The molecule has 0 unspecified atom stereocenters. The first-order valence-corrected chi connectivity index (χ1v) is 3.09. The predicted octanol–water partition coefficient (Wildman–Crippen LogP) is -0.278. The van der Waals surface area contributed by atoms with Gasteiger partial charge in [-0.25, -0.2) is 0 Å². The quantitative estimate of drug-likeness (QED) is 0.600. The van der Waals surface area contributed by atoms with E-state index in [0.717, 1.165) is 0 Å². The predicted molar refractivity (Wildman–Crippen MR) is 36.2 cm³/mol. The van der Waals surface area contributed by atoms with Gasteiger partial charge in [-0.1, -0.05) is 0 Å². The Labute approximate surface area is 60.6 Å². The van der Waals surface area contributed by atoms with Crippen molar-refractivity contribution in [3.63, 3.8) is 0 Å². The van der Waals surface area contributed by atoms with Crippen molar-refractivity contribution in [2.45, 2.75) is 0 Å². The Hall–Kier alpha value is -0.255. The van der Waals surface area contributed by atoms with Crippen LogP contribution >= 0.6 is 15.9 Å². The molecule has 0 bridgehead atoms. The van der Waals surface area contributed by atoms with E-state index in [2.05, 4.69) is 20.3 Å². The third-order valence-corrected chi connectivity index (χ3v) is 1.57. The van der Waals surface area contributed by atoms with Crippen molar-refractivity contribution in [2.24, 2.45) is 0 Å². The third kappa shape index (κ3) is 1.35. The Morgan fingerprint density at radius 3 is 2.33 bits per heavy atom. The molecule has 0 fully saturated rings. The fraction of sp³-hybridized carbons (Fsp3) is 0. The van der Waals surface area contributed by atoms with Gasteiger partial charge < -0.3 is 14.5 Å². The lowest BCUT2D eigenvalue weighted by Gasteiger charge is -1.90. The molecule has 5 heteroatoms. The number of hydrogen-bond donors (Lipinski definition) is 2. The highest BCUT2D eigenvalue weighted by Crippen LogP contribution is 2.05. The minimum atomic E-state index is -1.46. The van der Waals surface area contributed by atoms with Gasteiger partial charge >= 0.3 is 7.12 Å². The minimum Gasteiger partial charge on any atom is -0.472 e. The number of hydrogen-bond acceptors (Lipinski definition) is 3. The van der Waals surface area contributed by atoms with Crippen LogP contribution in [0.1, 0.15) is 0 Å². The van der Waals surface area contributed by atoms with Gasteiger partial charge in [0.2, 0.25) is 0 Å². The molecule has 0 saturated carbocycles. The molecule has 0 saturated heterocycles. The summed E-state index contributed by atoms with van der Waals surface area (Å²) in [6.45, 7) is 0. The van der Waals surface area contributed by atoms with E-state index in [1.807, 2.05) is 0 Å². The zero-order valence-corrected chi connectivity index (χ0v) is 6.00. The van der Waals surface area contributed by atoms with E-state index in [9.17, 15) is 0 Å². The summed E-state index contributed by atoms with van der Waals surface area (Å²) in [5, 5.41) is 17.1. The summed E-state index contributed by atoms with van der Waals surface area (Å²) in [6.07, 6.45) is 2.66. The van der Waals surface area contributed by atoms with Gasteiger partial charge in [0.25, 0.3) is 0 Å². The van der Waals surface area contributed by atoms with Crippen molar-refractivity contribution in [1.29, 1.82) is 0 Å². The molecule has 3 nitrogen and oxygen atoms in total. The first-order valence-electron chi connectivity index (χ1n) is 2.29. The van der Waals surface area contributed by atoms with E-state index in [4.69, 9.17) is 10.0 Å². The Morgan fingerprint density at radius 1 is 1.44 bits per heavy atom. The van der Waals surface area contributed by atoms with Gasteiger partial charge in [-0.2, -0.15) is 0 Å². The second-order valence-electron chi connectivity index (χ2n) is 1.55. The molecule has 0 aromatic carbocycles. The van der Waals surface area contributed by atoms with Gasteiger partial charge in [-0.3, -0.25) is 0 Å². The molecule has 48 valence electrons. The highest BCUT2D eigenvalue weighted by molar-refractivity contribution is 9.10. The highest BCUT2D eigenvalue weighted by Gasteiger charge is 2.15. The maximum atomic E-state index is 8.56. The second kappa shape index (κ2) is 2.55. The normalized spacial score (nSPS) is 9.67. The Morgan fingerprint density at radius 2 is 2.11 bits per heavy atom. The highest BCUT2D eigenvalue weighted by atomic mass is 79.9. The smallest absolute Gasteiger partial charge is 0.472 e. The SMILES string of the molecule is OB(O)c1cocc1Br. The molecule has 1 aromatic heterocycles. The molecular formula is C4H4BBrO3. The monoisotopic (exact) mass is 190 g/mol. The van der Waals surface area contributed by atoms with Crippen LogP contribution in [0.4, 0.5) is 0 Å². The molecule has 0 amide bonds. The first-order chi connectivity index (χ1) is 4.22. The van der Waals surface area contributed by atoms with Crippen molar-refractivity contribution >= 4 is 28.5 Å². The van der Waals surface area contributed by atoms with Gasteiger partial charge in [-0.05, 0) is 15.9 Å². The molecular weight excluding hydrogens is 187 g/mol. The van der Waals surface area contributed by atoms with Crippen molar-refractivity contribution in [3.8, 4) is 0 Å². The zero-order valence-electron chi connectivity index (χ0n) is 4.41. The molecule has 0 aliphatic carbocycles. The van der Waals surface area contributed by atoms with E-state index in [1.165, 1.54) is 12.5 Å². The second-order valence-corrected chi connectivity index (χ2v) is 2.40. The molecule has 0 radical (unpaired) electrons. The number of furan rings is 1. The molecule has 1 aromatic rings. The maximum absolute atomic E-state index is 8.56.